The van der Waals surface area contributed by atoms with Crippen LogP contribution in [-0.4, -0.2) is 31.5 Å². The number of anilines is 1. The number of thiophene rings is 1. The van der Waals surface area contributed by atoms with E-state index in [4.69, 9.17) is 4.74 Å². The second-order valence-corrected chi connectivity index (χ2v) is 8.37. The SMILES string of the molecule is COc1ccccc1C(C)N(C)CC(=O)Nc1sc2c(c1C#N)CCCCC2. The van der Waals surface area contributed by atoms with E-state index in [1.165, 1.54) is 11.3 Å². The number of ether oxygens (including phenoxy) is 1. The molecule has 1 atom stereocenters. The van der Waals surface area contributed by atoms with E-state index in [0.717, 1.165) is 42.6 Å². The van der Waals surface area contributed by atoms with Gasteiger partial charge in [-0.25, -0.2) is 0 Å². The summed E-state index contributed by atoms with van der Waals surface area (Å²) in [5, 5.41) is 13.3. The van der Waals surface area contributed by atoms with Crippen LogP contribution >= 0.6 is 11.3 Å². The number of nitrogens with zero attached hydrogens (tertiary/aromatic N) is 2. The van der Waals surface area contributed by atoms with Gasteiger partial charge in [-0.15, -0.1) is 11.3 Å². The number of aryl methyl sites for hydroxylation is 1. The number of methoxy groups -OCH3 is 1. The number of rotatable bonds is 6. The summed E-state index contributed by atoms with van der Waals surface area (Å²) in [6.07, 6.45) is 5.43. The smallest absolute Gasteiger partial charge is 0.239 e. The molecule has 0 fully saturated rings. The number of nitrogens with one attached hydrogen (secondary N) is 1. The van der Waals surface area contributed by atoms with Crippen LogP contribution in [0.5, 0.6) is 5.75 Å². The van der Waals surface area contributed by atoms with Crippen molar-refractivity contribution in [3.8, 4) is 11.8 Å². The van der Waals surface area contributed by atoms with Crippen molar-refractivity contribution in [2.24, 2.45) is 0 Å². The predicted octanol–water partition coefficient (Wildman–Crippen LogP) is 4.53. The molecule has 2 aromatic rings. The molecule has 1 heterocycles. The molecule has 1 aliphatic carbocycles. The lowest BCUT2D eigenvalue weighted by molar-refractivity contribution is -0.117. The highest BCUT2D eigenvalue weighted by Gasteiger charge is 2.22. The van der Waals surface area contributed by atoms with Crippen molar-refractivity contribution >= 4 is 22.2 Å². The summed E-state index contributed by atoms with van der Waals surface area (Å²) < 4.78 is 5.44. The number of carbonyl (C=O) groups is 1. The van der Waals surface area contributed by atoms with Gasteiger partial charge in [0.15, 0.2) is 0 Å². The fourth-order valence-corrected chi connectivity index (χ4v) is 4.98. The number of amides is 1. The van der Waals surface area contributed by atoms with Crippen molar-refractivity contribution in [2.75, 3.05) is 26.0 Å². The maximum absolute atomic E-state index is 12.7. The van der Waals surface area contributed by atoms with Crippen LogP contribution in [0.25, 0.3) is 0 Å². The minimum Gasteiger partial charge on any atom is -0.496 e. The van der Waals surface area contributed by atoms with Crippen molar-refractivity contribution in [3.05, 3.63) is 45.8 Å². The van der Waals surface area contributed by atoms with Crippen LogP contribution in [0.3, 0.4) is 0 Å². The van der Waals surface area contributed by atoms with Crippen LogP contribution in [0.4, 0.5) is 5.00 Å². The molecular weight excluding hydrogens is 370 g/mol. The molecule has 3 rings (SSSR count). The summed E-state index contributed by atoms with van der Waals surface area (Å²) in [5.74, 6) is 0.716. The summed E-state index contributed by atoms with van der Waals surface area (Å²) in [5.41, 5.74) is 2.85. The zero-order chi connectivity index (χ0) is 20.1. The zero-order valence-electron chi connectivity index (χ0n) is 16.7. The molecule has 1 amide bonds. The maximum Gasteiger partial charge on any atom is 0.239 e. The van der Waals surface area contributed by atoms with Crippen molar-refractivity contribution in [3.63, 3.8) is 0 Å². The van der Waals surface area contributed by atoms with Gasteiger partial charge >= 0.3 is 0 Å². The quantitative estimate of drug-likeness (QED) is 0.728. The first-order chi connectivity index (χ1) is 13.5. The van der Waals surface area contributed by atoms with Gasteiger partial charge in [0, 0.05) is 16.5 Å². The van der Waals surface area contributed by atoms with Crippen LogP contribution in [0.2, 0.25) is 0 Å². The van der Waals surface area contributed by atoms with E-state index in [0.29, 0.717) is 10.6 Å². The summed E-state index contributed by atoms with van der Waals surface area (Å²) >= 11 is 1.57. The Kier molecular flexibility index (Phi) is 6.71. The summed E-state index contributed by atoms with van der Waals surface area (Å²) in [7, 11) is 3.58. The highest BCUT2D eigenvalue weighted by Crippen LogP contribution is 2.37. The molecule has 0 spiro atoms. The molecule has 0 aliphatic heterocycles. The number of para-hydroxylation sites is 1. The number of hydrogen-bond acceptors (Lipinski definition) is 5. The first-order valence-electron chi connectivity index (χ1n) is 9.72. The van der Waals surface area contributed by atoms with Gasteiger partial charge in [0.1, 0.15) is 16.8 Å². The second-order valence-electron chi connectivity index (χ2n) is 7.26. The van der Waals surface area contributed by atoms with E-state index in [-0.39, 0.29) is 18.5 Å². The topological polar surface area (TPSA) is 65.4 Å². The molecule has 1 N–H and O–H groups in total. The number of fused-ring (bicyclic) bond motifs is 1. The molecule has 0 bridgehead atoms. The Morgan fingerprint density at radius 2 is 2.07 bits per heavy atom. The van der Waals surface area contributed by atoms with E-state index in [1.807, 2.05) is 36.2 Å². The fourth-order valence-electron chi connectivity index (χ4n) is 3.73. The lowest BCUT2D eigenvalue weighted by atomic mass is 10.1. The number of carbonyl (C=O) groups excluding carboxylic acids is 1. The van der Waals surface area contributed by atoms with Gasteiger partial charge in [-0.3, -0.25) is 9.69 Å². The molecule has 1 aromatic heterocycles. The molecule has 0 saturated carbocycles. The average molecular weight is 398 g/mol. The molecule has 6 heteroatoms. The highest BCUT2D eigenvalue weighted by atomic mass is 32.1. The third kappa shape index (κ3) is 4.37. The lowest BCUT2D eigenvalue weighted by Gasteiger charge is -2.25. The minimum atomic E-state index is -0.0999. The van der Waals surface area contributed by atoms with Crippen molar-refractivity contribution in [1.29, 1.82) is 5.26 Å². The first kappa shape index (κ1) is 20.4. The Balaban J connectivity index is 1.70. The molecule has 148 valence electrons. The van der Waals surface area contributed by atoms with E-state index in [1.54, 1.807) is 18.4 Å². The van der Waals surface area contributed by atoms with Crippen LogP contribution in [-0.2, 0) is 17.6 Å². The number of benzene rings is 1. The van der Waals surface area contributed by atoms with E-state index >= 15 is 0 Å². The molecule has 1 aliphatic rings. The first-order valence-corrected chi connectivity index (χ1v) is 10.5. The van der Waals surface area contributed by atoms with Gasteiger partial charge in [0.2, 0.25) is 5.91 Å². The van der Waals surface area contributed by atoms with Crippen LogP contribution in [0, 0.1) is 11.3 Å². The molecule has 28 heavy (non-hydrogen) atoms. The number of hydrogen-bond donors (Lipinski definition) is 1. The van der Waals surface area contributed by atoms with Gasteiger partial charge in [-0.1, -0.05) is 24.6 Å². The van der Waals surface area contributed by atoms with Gasteiger partial charge in [-0.2, -0.15) is 5.26 Å². The fraction of sp³-hybridized carbons (Fsp3) is 0.455. The zero-order valence-corrected chi connectivity index (χ0v) is 17.6. The third-order valence-corrected chi connectivity index (χ3v) is 6.64. The van der Waals surface area contributed by atoms with Crippen molar-refractivity contribution in [2.45, 2.75) is 45.1 Å². The molecule has 1 aromatic carbocycles. The number of likely N-dealkylation sites (N-methyl/N-ethyl adjacent to an activating group) is 1. The van der Waals surface area contributed by atoms with Crippen LogP contribution in [0.1, 0.15) is 53.8 Å². The standard InChI is InChI=1S/C22H27N3O2S/c1-15(16-9-7-8-11-19(16)27-3)25(2)14-21(26)24-22-18(13-23)17-10-5-4-6-12-20(17)28-22/h7-9,11,15H,4-6,10,12,14H2,1-3H3,(H,24,26). The van der Waals surface area contributed by atoms with Crippen molar-refractivity contribution < 1.29 is 9.53 Å². The normalized spacial score (nSPS) is 14.7. The predicted molar refractivity (Wildman–Crippen MR) is 113 cm³/mol. The van der Waals surface area contributed by atoms with Gasteiger partial charge < -0.3 is 10.1 Å². The van der Waals surface area contributed by atoms with Gasteiger partial charge in [0.25, 0.3) is 0 Å². The molecule has 0 saturated heterocycles. The van der Waals surface area contributed by atoms with Gasteiger partial charge in [0.05, 0.1) is 19.2 Å². The van der Waals surface area contributed by atoms with E-state index in [9.17, 15) is 10.1 Å². The van der Waals surface area contributed by atoms with Gasteiger partial charge in [-0.05, 0) is 51.3 Å². The van der Waals surface area contributed by atoms with Crippen LogP contribution in [0.15, 0.2) is 24.3 Å². The summed E-state index contributed by atoms with van der Waals surface area (Å²) in [6, 6.07) is 10.2. The lowest BCUT2D eigenvalue weighted by Crippen LogP contribution is -2.32. The number of nitriles is 1. The van der Waals surface area contributed by atoms with E-state index < -0.39 is 0 Å². The highest BCUT2D eigenvalue weighted by molar-refractivity contribution is 7.16. The maximum atomic E-state index is 12.7. The average Bonchev–Trinajstić information content (AvgIpc) is 2.86. The molecular formula is C22H27N3O2S. The summed E-state index contributed by atoms with van der Waals surface area (Å²) in [4.78, 5) is 15.9. The third-order valence-electron chi connectivity index (χ3n) is 5.43. The Bertz CT molecular complexity index is 884. The van der Waals surface area contributed by atoms with Crippen LogP contribution < -0.4 is 10.1 Å². The molecule has 0 radical (unpaired) electrons. The Morgan fingerprint density at radius 1 is 1.32 bits per heavy atom. The van der Waals surface area contributed by atoms with E-state index in [2.05, 4.69) is 18.3 Å². The Morgan fingerprint density at radius 3 is 2.82 bits per heavy atom. The monoisotopic (exact) mass is 397 g/mol. The minimum absolute atomic E-state index is 0.0254. The largest absolute Gasteiger partial charge is 0.496 e. The summed E-state index contributed by atoms with van der Waals surface area (Å²) in [6.45, 7) is 2.30. The molecule has 5 nitrogen and oxygen atoms in total. The Hall–Kier alpha value is -2.36. The van der Waals surface area contributed by atoms with Crippen molar-refractivity contribution in [1.82, 2.24) is 4.90 Å². The Labute approximate surface area is 170 Å². The second kappa shape index (κ2) is 9.22. The molecule has 1 unspecified atom stereocenters.